The second-order valence-electron chi connectivity index (χ2n) is 6.52. The van der Waals surface area contributed by atoms with Crippen molar-refractivity contribution in [2.75, 3.05) is 11.9 Å². The largest absolute Gasteiger partial charge is 0.339 e. The molecule has 7 heteroatoms. The van der Waals surface area contributed by atoms with Gasteiger partial charge in [0.15, 0.2) is 0 Å². The van der Waals surface area contributed by atoms with E-state index >= 15 is 0 Å². The molecule has 2 aromatic rings. The molecule has 1 atom stereocenters. The summed E-state index contributed by atoms with van der Waals surface area (Å²) < 4.78 is 0. The Kier molecular flexibility index (Phi) is 5.43. The van der Waals surface area contributed by atoms with Crippen molar-refractivity contribution < 1.29 is 9.59 Å². The van der Waals surface area contributed by atoms with Crippen LogP contribution >= 0.6 is 11.3 Å². The third-order valence-corrected chi connectivity index (χ3v) is 5.22. The molecular formula is C18H22N4O2S. The second-order valence-corrected chi connectivity index (χ2v) is 7.58. The van der Waals surface area contributed by atoms with Gasteiger partial charge in [0.25, 0.3) is 0 Å². The molecule has 0 saturated carbocycles. The smallest absolute Gasteiger partial charge is 0.231 e. The van der Waals surface area contributed by atoms with Gasteiger partial charge in [0.1, 0.15) is 5.01 Å². The minimum Gasteiger partial charge on any atom is -0.339 e. The van der Waals surface area contributed by atoms with E-state index in [-0.39, 0.29) is 30.2 Å². The Hall–Kier alpha value is -2.28. The summed E-state index contributed by atoms with van der Waals surface area (Å²) in [6.07, 6.45) is 1.95. The zero-order valence-corrected chi connectivity index (χ0v) is 15.3. The molecule has 1 aliphatic heterocycles. The molecule has 132 valence electrons. The van der Waals surface area contributed by atoms with Crippen LogP contribution in [0, 0.1) is 5.92 Å². The van der Waals surface area contributed by atoms with Crippen LogP contribution in [0.15, 0.2) is 30.3 Å². The van der Waals surface area contributed by atoms with E-state index in [4.69, 9.17) is 0 Å². The number of hydrogen-bond donors (Lipinski definition) is 1. The summed E-state index contributed by atoms with van der Waals surface area (Å²) in [5, 5.41) is 12.4. The number of benzene rings is 1. The molecule has 3 rings (SSSR count). The van der Waals surface area contributed by atoms with Crippen LogP contribution < -0.4 is 5.32 Å². The minimum atomic E-state index is -0.313. The van der Waals surface area contributed by atoms with E-state index in [9.17, 15) is 9.59 Å². The van der Waals surface area contributed by atoms with E-state index < -0.39 is 0 Å². The molecular weight excluding hydrogens is 336 g/mol. The van der Waals surface area contributed by atoms with Gasteiger partial charge in [0, 0.05) is 25.4 Å². The Morgan fingerprint density at radius 2 is 2.04 bits per heavy atom. The van der Waals surface area contributed by atoms with Crippen LogP contribution in [-0.4, -0.2) is 39.5 Å². The molecule has 1 aromatic heterocycles. The molecule has 1 saturated heterocycles. The zero-order valence-electron chi connectivity index (χ0n) is 14.4. The van der Waals surface area contributed by atoms with Gasteiger partial charge < -0.3 is 10.2 Å². The average Bonchev–Trinajstić information content (AvgIpc) is 3.20. The fraction of sp³-hybridized carbons (Fsp3) is 0.444. The van der Waals surface area contributed by atoms with Gasteiger partial charge >= 0.3 is 0 Å². The summed E-state index contributed by atoms with van der Waals surface area (Å²) in [7, 11) is 0. The normalized spacial score (nSPS) is 17.3. The van der Waals surface area contributed by atoms with Crippen molar-refractivity contribution in [2.45, 2.75) is 39.2 Å². The first kappa shape index (κ1) is 17.5. The lowest BCUT2D eigenvalue weighted by Crippen LogP contribution is -2.33. The van der Waals surface area contributed by atoms with Gasteiger partial charge in [0.05, 0.1) is 5.92 Å². The lowest BCUT2D eigenvalue weighted by Gasteiger charge is -2.20. The quantitative estimate of drug-likeness (QED) is 0.861. The average molecular weight is 358 g/mol. The Balaban J connectivity index is 1.53. The lowest BCUT2D eigenvalue weighted by molar-refractivity contribution is -0.129. The Labute approximate surface area is 151 Å². The highest BCUT2D eigenvalue weighted by Crippen LogP contribution is 2.23. The summed E-state index contributed by atoms with van der Waals surface area (Å²) in [6.45, 7) is 4.39. The van der Waals surface area contributed by atoms with Crippen molar-refractivity contribution in [3.05, 3.63) is 40.9 Å². The van der Waals surface area contributed by atoms with E-state index in [1.54, 1.807) is 4.90 Å². The van der Waals surface area contributed by atoms with Crippen LogP contribution in [0.4, 0.5) is 5.13 Å². The summed E-state index contributed by atoms with van der Waals surface area (Å²) in [5.41, 5.74) is 1.25. The first-order valence-electron chi connectivity index (χ1n) is 8.49. The summed E-state index contributed by atoms with van der Waals surface area (Å²) >= 11 is 1.39. The van der Waals surface area contributed by atoms with Gasteiger partial charge in [-0.3, -0.25) is 9.59 Å². The van der Waals surface area contributed by atoms with E-state index in [1.165, 1.54) is 16.9 Å². The van der Waals surface area contributed by atoms with Gasteiger partial charge in [-0.1, -0.05) is 41.7 Å². The van der Waals surface area contributed by atoms with Crippen LogP contribution in [0.5, 0.6) is 0 Å². The molecule has 1 aromatic carbocycles. The first-order valence-corrected chi connectivity index (χ1v) is 9.31. The number of nitrogens with zero attached hydrogens (tertiary/aromatic N) is 3. The molecule has 0 radical (unpaired) electrons. The Morgan fingerprint density at radius 1 is 1.28 bits per heavy atom. The van der Waals surface area contributed by atoms with Crippen LogP contribution in [0.3, 0.4) is 0 Å². The molecule has 0 unspecified atom stereocenters. The maximum atomic E-state index is 12.4. The summed E-state index contributed by atoms with van der Waals surface area (Å²) in [4.78, 5) is 26.0. The van der Waals surface area contributed by atoms with Crippen molar-refractivity contribution in [1.29, 1.82) is 0 Å². The summed E-state index contributed by atoms with van der Waals surface area (Å²) in [6, 6.07) is 10.3. The molecule has 1 N–H and O–H groups in total. The molecule has 6 nitrogen and oxygen atoms in total. The fourth-order valence-corrected chi connectivity index (χ4v) is 3.66. The van der Waals surface area contributed by atoms with Crippen molar-refractivity contribution in [2.24, 2.45) is 5.92 Å². The van der Waals surface area contributed by atoms with Crippen LogP contribution in [0.25, 0.3) is 0 Å². The maximum absolute atomic E-state index is 12.4. The third-order valence-electron chi connectivity index (χ3n) is 4.32. The molecule has 1 fully saturated rings. The SMILES string of the molecule is CC(C)N1C[C@@H](C(=O)Nc2nnc(CCc3ccccc3)s2)CC1=O. The molecule has 1 aliphatic rings. The number of aromatic nitrogens is 2. The summed E-state index contributed by atoms with van der Waals surface area (Å²) in [5.74, 6) is -0.426. The second kappa shape index (κ2) is 7.74. The van der Waals surface area contributed by atoms with Gasteiger partial charge in [-0.2, -0.15) is 0 Å². The van der Waals surface area contributed by atoms with E-state index in [2.05, 4.69) is 27.6 Å². The van der Waals surface area contributed by atoms with Crippen molar-refractivity contribution in [1.82, 2.24) is 15.1 Å². The molecule has 2 heterocycles. The van der Waals surface area contributed by atoms with Crippen molar-refractivity contribution in [3.63, 3.8) is 0 Å². The molecule has 0 aliphatic carbocycles. The zero-order chi connectivity index (χ0) is 17.8. The molecule has 2 amide bonds. The lowest BCUT2D eigenvalue weighted by atomic mass is 10.1. The predicted molar refractivity (Wildman–Crippen MR) is 97.3 cm³/mol. The number of anilines is 1. The predicted octanol–water partition coefficient (Wildman–Crippen LogP) is 2.52. The van der Waals surface area contributed by atoms with E-state index in [0.717, 1.165) is 17.8 Å². The molecule has 0 spiro atoms. The van der Waals surface area contributed by atoms with Crippen molar-refractivity contribution in [3.8, 4) is 0 Å². The van der Waals surface area contributed by atoms with Gasteiger partial charge in [0.2, 0.25) is 16.9 Å². The highest BCUT2D eigenvalue weighted by molar-refractivity contribution is 7.15. The Morgan fingerprint density at radius 3 is 2.72 bits per heavy atom. The highest BCUT2D eigenvalue weighted by Gasteiger charge is 2.35. The number of rotatable bonds is 6. The molecule has 25 heavy (non-hydrogen) atoms. The number of carbonyl (C=O) groups is 2. The third kappa shape index (κ3) is 4.42. The monoisotopic (exact) mass is 358 g/mol. The van der Waals surface area contributed by atoms with Crippen LogP contribution in [-0.2, 0) is 22.4 Å². The van der Waals surface area contributed by atoms with Gasteiger partial charge in [-0.05, 0) is 25.8 Å². The number of amides is 2. The van der Waals surface area contributed by atoms with Gasteiger partial charge in [-0.25, -0.2) is 0 Å². The highest BCUT2D eigenvalue weighted by atomic mass is 32.1. The Bertz CT molecular complexity index is 745. The number of likely N-dealkylation sites (tertiary alicyclic amines) is 1. The topological polar surface area (TPSA) is 75.2 Å². The first-order chi connectivity index (χ1) is 12.0. The number of aryl methyl sites for hydroxylation is 2. The standard InChI is InChI=1S/C18H22N4O2S/c1-12(2)22-11-14(10-16(22)23)17(24)19-18-21-20-15(25-18)9-8-13-6-4-3-5-7-13/h3-7,12,14H,8-11H2,1-2H3,(H,19,21,24)/t14-/m0/s1. The van der Waals surface area contributed by atoms with E-state index in [0.29, 0.717) is 11.7 Å². The van der Waals surface area contributed by atoms with Crippen LogP contribution in [0.1, 0.15) is 30.8 Å². The molecule has 0 bridgehead atoms. The fourth-order valence-electron chi connectivity index (χ4n) is 2.91. The van der Waals surface area contributed by atoms with Gasteiger partial charge in [-0.15, -0.1) is 10.2 Å². The number of nitrogens with one attached hydrogen (secondary N) is 1. The number of carbonyl (C=O) groups excluding carboxylic acids is 2. The van der Waals surface area contributed by atoms with Crippen molar-refractivity contribution >= 4 is 28.3 Å². The van der Waals surface area contributed by atoms with Crippen LogP contribution in [0.2, 0.25) is 0 Å². The maximum Gasteiger partial charge on any atom is 0.231 e. The minimum absolute atomic E-state index is 0.0379. The number of hydrogen-bond acceptors (Lipinski definition) is 5. The van der Waals surface area contributed by atoms with E-state index in [1.807, 2.05) is 32.0 Å².